The predicted octanol–water partition coefficient (Wildman–Crippen LogP) is 3.49. The van der Waals surface area contributed by atoms with Crippen LogP contribution in [0.2, 0.25) is 5.02 Å². The van der Waals surface area contributed by atoms with Gasteiger partial charge in [-0.15, -0.1) is 0 Å². The molecule has 92 valence electrons. The molecule has 2 atom stereocenters. The average Bonchev–Trinajstić information content (AvgIpc) is 2.21. The Morgan fingerprint density at radius 1 is 1.41 bits per heavy atom. The van der Waals surface area contributed by atoms with Crippen molar-refractivity contribution in [3.8, 4) is 6.07 Å². The molecule has 1 aromatic rings. The first-order valence-electron chi connectivity index (χ1n) is 5.30. The maximum atomic E-state index is 13.7. The first-order chi connectivity index (χ1) is 7.79. The van der Waals surface area contributed by atoms with Gasteiger partial charge in [0.05, 0.1) is 12.2 Å². The van der Waals surface area contributed by atoms with Crippen LogP contribution < -0.4 is 0 Å². The van der Waals surface area contributed by atoms with E-state index in [-0.39, 0.29) is 10.6 Å². The lowest BCUT2D eigenvalue weighted by atomic mass is 9.79. The lowest BCUT2D eigenvalue weighted by Crippen LogP contribution is -2.32. The van der Waals surface area contributed by atoms with Crippen molar-refractivity contribution in [2.24, 2.45) is 5.41 Å². The predicted molar refractivity (Wildman–Crippen MR) is 65.2 cm³/mol. The summed E-state index contributed by atoms with van der Waals surface area (Å²) in [5, 5.41) is 19.4. The van der Waals surface area contributed by atoms with Gasteiger partial charge in [0.25, 0.3) is 0 Å². The number of aliphatic hydroxyl groups is 1. The van der Waals surface area contributed by atoms with Crippen molar-refractivity contribution >= 4 is 11.6 Å². The summed E-state index contributed by atoms with van der Waals surface area (Å²) in [5.41, 5.74) is -0.453. The number of hydrogen-bond acceptors (Lipinski definition) is 2. The molecule has 0 amide bonds. The minimum Gasteiger partial charge on any atom is -0.391 e. The molecule has 0 aliphatic carbocycles. The monoisotopic (exact) mass is 255 g/mol. The van der Waals surface area contributed by atoms with Crippen molar-refractivity contribution in [1.29, 1.82) is 5.26 Å². The minimum absolute atomic E-state index is 0.0686. The normalized spacial score (nSPS) is 15.1. The van der Waals surface area contributed by atoms with Crippen molar-refractivity contribution in [2.75, 3.05) is 0 Å². The van der Waals surface area contributed by atoms with E-state index in [9.17, 15) is 9.50 Å². The molecule has 0 aliphatic rings. The van der Waals surface area contributed by atoms with Crippen LogP contribution in [0.3, 0.4) is 0 Å². The van der Waals surface area contributed by atoms with Crippen LogP contribution in [0.25, 0.3) is 0 Å². The fourth-order valence-electron chi connectivity index (χ4n) is 1.60. The molecule has 0 bridgehead atoms. The summed E-state index contributed by atoms with van der Waals surface area (Å²) >= 11 is 5.89. The maximum Gasteiger partial charge on any atom is 0.129 e. The van der Waals surface area contributed by atoms with Crippen LogP contribution >= 0.6 is 11.6 Å². The van der Waals surface area contributed by atoms with Crippen LogP contribution in [-0.4, -0.2) is 11.2 Å². The Labute approximate surface area is 106 Å². The van der Waals surface area contributed by atoms with Crippen LogP contribution in [-0.2, 0) is 0 Å². The Balaban J connectivity index is 3.25. The van der Waals surface area contributed by atoms with Gasteiger partial charge in [-0.1, -0.05) is 38.4 Å². The van der Waals surface area contributed by atoms with E-state index in [1.807, 2.05) is 6.07 Å². The molecule has 1 aromatic carbocycles. The fraction of sp³-hybridized carbons (Fsp3) is 0.462. The van der Waals surface area contributed by atoms with Crippen LogP contribution in [0, 0.1) is 22.6 Å². The molecule has 0 heterocycles. The quantitative estimate of drug-likeness (QED) is 0.879. The van der Waals surface area contributed by atoms with E-state index in [0.29, 0.717) is 0 Å². The molecular weight excluding hydrogens is 241 g/mol. The first kappa shape index (κ1) is 14.0. The highest BCUT2D eigenvalue weighted by Gasteiger charge is 2.34. The van der Waals surface area contributed by atoms with Crippen LogP contribution in [0.1, 0.15) is 32.3 Å². The smallest absolute Gasteiger partial charge is 0.129 e. The largest absolute Gasteiger partial charge is 0.391 e. The summed E-state index contributed by atoms with van der Waals surface area (Å²) in [6.45, 7) is 5.37. The Morgan fingerprint density at radius 3 is 2.41 bits per heavy atom. The summed E-state index contributed by atoms with van der Waals surface area (Å²) in [7, 11) is 0. The highest BCUT2D eigenvalue weighted by Crippen LogP contribution is 2.35. The number of hydrogen-bond donors (Lipinski definition) is 1. The number of rotatable bonds is 2. The zero-order valence-electron chi connectivity index (χ0n) is 10.0. The molecule has 2 nitrogen and oxygen atoms in total. The molecule has 0 radical (unpaired) electrons. The number of nitrogens with zero attached hydrogens (tertiary/aromatic N) is 1. The lowest BCUT2D eigenvalue weighted by molar-refractivity contribution is 0.0519. The number of halogens is 2. The van der Waals surface area contributed by atoms with E-state index in [1.165, 1.54) is 18.2 Å². The molecule has 0 fully saturated rings. The molecular formula is C13H15ClFNO. The van der Waals surface area contributed by atoms with Gasteiger partial charge in [0, 0.05) is 10.6 Å². The van der Waals surface area contributed by atoms with E-state index in [2.05, 4.69) is 0 Å². The summed E-state index contributed by atoms with van der Waals surface area (Å²) < 4.78 is 13.7. The Morgan fingerprint density at radius 2 is 2.00 bits per heavy atom. The minimum atomic E-state index is -0.984. The van der Waals surface area contributed by atoms with E-state index in [1.54, 1.807) is 20.8 Å². The Hall–Kier alpha value is -1.11. The molecule has 1 N–H and O–H groups in total. The molecule has 0 aromatic heterocycles. The molecule has 1 rings (SSSR count). The first-order valence-corrected chi connectivity index (χ1v) is 5.68. The van der Waals surface area contributed by atoms with Gasteiger partial charge in [-0.3, -0.25) is 0 Å². The topological polar surface area (TPSA) is 44.0 Å². The molecule has 0 spiro atoms. The van der Waals surface area contributed by atoms with Gasteiger partial charge in [0.15, 0.2) is 0 Å². The van der Waals surface area contributed by atoms with Crippen molar-refractivity contribution < 1.29 is 9.50 Å². The highest BCUT2D eigenvalue weighted by molar-refractivity contribution is 6.31. The summed E-state index contributed by atoms with van der Waals surface area (Å²) in [5.74, 6) is -1.53. The third-order valence-corrected chi connectivity index (χ3v) is 2.98. The van der Waals surface area contributed by atoms with Gasteiger partial charge in [-0.25, -0.2) is 4.39 Å². The van der Waals surface area contributed by atoms with Gasteiger partial charge < -0.3 is 5.11 Å². The van der Waals surface area contributed by atoms with Crippen molar-refractivity contribution in [3.05, 3.63) is 34.6 Å². The summed E-state index contributed by atoms with van der Waals surface area (Å²) in [4.78, 5) is 0. The van der Waals surface area contributed by atoms with Crippen molar-refractivity contribution in [3.63, 3.8) is 0 Å². The fourth-order valence-corrected chi connectivity index (χ4v) is 1.88. The van der Waals surface area contributed by atoms with Crippen molar-refractivity contribution in [2.45, 2.75) is 32.8 Å². The number of nitriles is 1. The summed E-state index contributed by atoms with van der Waals surface area (Å²) in [6, 6.07) is 6.15. The molecule has 0 saturated carbocycles. The van der Waals surface area contributed by atoms with Crippen LogP contribution in [0.5, 0.6) is 0 Å². The second-order valence-electron chi connectivity index (χ2n) is 5.05. The zero-order chi connectivity index (χ0) is 13.2. The maximum absolute atomic E-state index is 13.7. The molecule has 17 heavy (non-hydrogen) atoms. The average molecular weight is 256 g/mol. The molecule has 0 saturated heterocycles. The molecule has 0 aliphatic heterocycles. The summed E-state index contributed by atoms with van der Waals surface area (Å²) in [6.07, 6.45) is -0.984. The van der Waals surface area contributed by atoms with Crippen LogP contribution in [0.4, 0.5) is 4.39 Å². The van der Waals surface area contributed by atoms with Crippen molar-refractivity contribution in [1.82, 2.24) is 0 Å². The van der Waals surface area contributed by atoms with E-state index in [4.69, 9.17) is 16.9 Å². The second kappa shape index (κ2) is 5.03. The van der Waals surface area contributed by atoms with Gasteiger partial charge in [-0.05, 0) is 17.5 Å². The third-order valence-electron chi connectivity index (χ3n) is 2.65. The van der Waals surface area contributed by atoms with Gasteiger partial charge >= 0.3 is 0 Å². The third kappa shape index (κ3) is 2.96. The van der Waals surface area contributed by atoms with Gasteiger partial charge in [0.2, 0.25) is 0 Å². The second-order valence-corrected chi connectivity index (χ2v) is 5.46. The van der Waals surface area contributed by atoms with E-state index in [0.717, 1.165) is 0 Å². The van der Waals surface area contributed by atoms with Gasteiger partial charge in [0.1, 0.15) is 11.7 Å². The van der Waals surface area contributed by atoms with Crippen LogP contribution in [0.15, 0.2) is 18.2 Å². The highest BCUT2D eigenvalue weighted by atomic mass is 35.5. The SMILES string of the molecule is CC(C)(C)C(O)C(C#N)c1c(F)cccc1Cl. The number of benzene rings is 1. The van der Waals surface area contributed by atoms with E-state index >= 15 is 0 Å². The molecule has 4 heteroatoms. The van der Waals surface area contributed by atoms with Gasteiger partial charge in [-0.2, -0.15) is 5.26 Å². The lowest BCUT2D eigenvalue weighted by Gasteiger charge is -2.30. The Kier molecular flexibility index (Phi) is 4.13. The Bertz CT molecular complexity index is 427. The van der Waals surface area contributed by atoms with E-state index < -0.39 is 23.3 Å². The number of aliphatic hydroxyl groups excluding tert-OH is 1. The zero-order valence-corrected chi connectivity index (χ0v) is 10.8. The molecule has 2 unspecified atom stereocenters. The standard InChI is InChI=1S/C13H15ClFNO/c1-13(2,3)12(17)8(7-16)11-9(14)5-4-6-10(11)15/h4-6,8,12,17H,1-3H3.